The van der Waals surface area contributed by atoms with Gasteiger partial charge in [0.2, 0.25) is 0 Å². The average Bonchev–Trinajstić information content (AvgIpc) is 3.18. The second-order valence-electron chi connectivity index (χ2n) is 5.70. The summed E-state index contributed by atoms with van der Waals surface area (Å²) in [6.07, 6.45) is 0. The molecule has 3 aromatic rings. The molecule has 2 aromatic carbocycles. The molecule has 0 spiro atoms. The van der Waals surface area contributed by atoms with Crippen molar-refractivity contribution in [2.75, 3.05) is 14.2 Å². The van der Waals surface area contributed by atoms with Crippen molar-refractivity contribution in [3.63, 3.8) is 0 Å². The number of hydrogen-bond acceptors (Lipinski definition) is 5. The van der Waals surface area contributed by atoms with Crippen LogP contribution in [0.3, 0.4) is 0 Å². The Balaban J connectivity index is 1.73. The average molecular weight is 368 g/mol. The Kier molecular flexibility index (Phi) is 5.53. The van der Waals surface area contributed by atoms with Gasteiger partial charge in [0, 0.05) is 16.5 Å². The number of carbonyl (C=O) groups is 1. The first-order chi connectivity index (χ1) is 12.6. The third-order valence-corrected chi connectivity index (χ3v) is 4.92. The molecule has 0 saturated heterocycles. The number of aromatic nitrogens is 1. The van der Waals surface area contributed by atoms with E-state index in [0.717, 1.165) is 27.6 Å². The molecule has 1 amide bonds. The number of nitrogens with one attached hydrogen (secondary N) is 1. The van der Waals surface area contributed by atoms with E-state index >= 15 is 0 Å². The summed E-state index contributed by atoms with van der Waals surface area (Å²) >= 11 is 1.44. The molecule has 6 heteroatoms. The molecule has 5 nitrogen and oxygen atoms in total. The quantitative estimate of drug-likeness (QED) is 0.704. The predicted octanol–water partition coefficient (Wildman–Crippen LogP) is 4.32. The molecule has 26 heavy (non-hydrogen) atoms. The summed E-state index contributed by atoms with van der Waals surface area (Å²) in [4.78, 5) is 17.0. The minimum Gasteiger partial charge on any atom is -0.497 e. The van der Waals surface area contributed by atoms with Crippen LogP contribution in [0.15, 0.2) is 53.9 Å². The van der Waals surface area contributed by atoms with Crippen molar-refractivity contribution in [2.45, 2.75) is 13.0 Å². The number of carbonyl (C=O) groups excluding carboxylic acids is 1. The number of hydrogen-bond donors (Lipinski definition) is 1. The molecule has 3 rings (SSSR count). The molecule has 0 unspecified atom stereocenters. The van der Waals surface area contributed by atoms with E-state index in [1.165, 1.54) is 11.3 Å². The molecule has 1 N–H and O–H groups in total. The Hall–Kier alpha value is -2.86. The zero-order chi connectivity index (χ0) is 18.5. The summed E-state index contributed by atoms with van der Waals surface area (Å²) < 4.78 is 10.5. The van der Waals surface area contributed by atoms with Gasteiger partial charge in [-0.15, -0.1) is 11.3 Å². The molecule has 0 aliphatic heterocycles. The van der Waals surface area contributed by atoms with Gasteiger partial charge in [-0.25, -0.2) is 4.98 Å². The first-order valence-corrected chi connectivity index (χ1v) is 9.04. The molecular weight excluding hydrogens is 348 g/mol. The van der Waals surface area contributed by atoms with Crippen molar-refractivity contribution in [3.05, 3.63) is 65.2 Å². The van der Waals surface area contributed by atoms with E-state index in [4.69, 9.17) is 9.47 Å². The van der Waals surface area contributed by atoms with Gasteiger partial charge >= 0.3 is 0 Å². The van der Waals surface area contributed by atoms with E-state index in [-0.39, 0.29) is 11.9 Å². The Morgan fingerprint density at radius 2 is 1.81 bits per heavy atom. The summed E-state index contributed by atoms with van der Waals surface area (Å²) in [7, 11) is 3.25. The molecule has 0 fully saturated rings. The molecule has 1 heterocycles. The SMILES string of the molecule is COc1ccc(-c2nc(C(=O)N[C@@H](C)c3ccccc3OC)cs2)cc1. The van der Waals surface area contributed by atoms with Crippen molar-refractivity contribution in [1.82, 2.24) is 10.3 Å². The Morgan fingerprint density at radius 1 is 1.08 bits per heavy atom. The first-order valence-electron chi connectivity index (χ1n) is 8.16. The zero-order valence-electron chi connectivity index (χ0n) is 14.9. The molecule has 0 aliphatic carbocycles. The third kappa shape index (κ3) is 3.86. The van der Waals surface area contributed by atoms with Crippen molar-refractivity contribution in [3.8, 4) is 22.1 Å². The number of thiazole rings is 1. The fourth-order valence-corrected chi connectivity index (χ4v) is 3.42. The maximum Gasteiger partial charge on any atom is 0.271 e. The maximum absolute atomic E-state index is 12.5. The highest BCUT2D eigenvalue weighted by molar-refractivity contribution is 7.13. The van der Waals surface area contributed by atoms with Crippen molar-refractivity contribution in [1.29, 1.82) is 0 Å². The summed E-state index contributed by atoms with van der Waals surface area (Å²) in [5.41, 5.74) is 2.28. The van der Waals surface area contributed by atoms with Gasteiger partial charge < -0.3 is 14.8 Å². The standard InChI is InChI=1S/C20H20N2O3S/c1-13(16-6-4-5-7-18(16)25-3)21-19(23)17-12-26-20(22-17)14-8-10-15(24-2)11-9-14/h4-13H,1-3H3,(H,21,23)/t13-/m0/s1. The number of methoxy groups -OCH3 is 2. The highest BCUT2D eigenvalue weighted by Crippen LogP contribution is 2.27. The van der Waals surface area contributed by atoms with Crippen LogP contribution >= 0.6 is 11.3 Å². The highest BCUT2D eigenvalue weighted by atomic mass is 32.1. The van der Waals surface area contributed by atoms with E-state index in [1.807, 2.05) is 55.5 Å². The number of para-hydroxylation sites is 1. The summed E-state index contributed by atoms with van der Waals surface area (Å²) in [5.74, 6) is 1.32. The Morgan fingerprint density at radius 3 is 2.50 bits per heavy atom. The van der Waals surface area contributed by atoms with Crippen molar-refractivity contribution < 1.29 is 14.3 Å². The van der Waals surface area contributed by atoms with Crippen molar-refractivity contribution >= 4 is 17.2 Å². The number of benzene rings is 2. The van der Waals surface area contributed by atoms with Crippen LogP contribution < -0.4 is 14.8 Å². The van der Waals surface area contributed by atoms with E-state index in [1.54, 1.807) is 19.6 Å². The van der Waals surface area contributed by atoms with Crippen LogP contribution in [0, 0.1) is 0 Å². The topological polar surface area (TPSA) is 60.5 Å². The van der Waals surface area contributed by atoms with Gasteiger partial charge in [-0.1, -0.05) is 18.2 Å². The number of nitrogens with zero attached hydrogens (tertiary/aromatic N) is 1. The lowest BCUT2D eigenvalue weighted by molar-refractivity contribution is 0.0935. The van der Waals surface area contributed by atoms with Crippen molar-refractivity contribution in [2.24, 2.45) is 0 Å². The molecule has 0 radical (unpaired) electrons. The summed E-state index contributed by atoms with van der Waals surface area (Å²) in [6, 6.07) is 15.1. The number of ether oxygens (including phenoxy) is 2. The van der Waals surface area contributed by atoms with Gasteiger partial charge in [-0.3, -0.25) is 4.79 Å². The molecular formula is C20H20N2O3S. The fraction of sp³-hybridized carbons (Fsp3) is 0.200. The van der Waals surface area contributed by atoms with Crippen LogP contribution in [-0.2, 0) is 0 Å². The third-order valence-electron chi connectivity index (χ3n) is 4.03. The lowest BCUT2D eigenvalue weighted by Gasteiger charge is -2.16. The minimum atomic E-state index is -0.209. The normalized spacial score (nSPS) is 11.7. The molecule has 1 aromatic heterocycles. The second kappa shape index (κ2) is 8.01. The summed E-state index contributed by atoms with van der Waals surface area (Å²) in [6.45, 7) is 1.92. The Bertz CT molecular complexity index is 890. The van der Waals surface area contributed by atoms with Crippen LogP contribution in [0.4, 0.5) is 0 Å². The largest absolute Gasteiger partial charge is 0.497 e. The Labute approximate surface area is 156 Å². The monoisotopic (exact) mass is 368 g/mol. The van der Waals surface area contributed by atoms with Crippen LogP contribution in [0.25, 0.3) is 10.6 Å². The smallest absolute Gasteiger partial charge is 0.271 e. The van der Waals surface area contributed by atoms with Gasteiger partial charge in [-0.05, 0) is 37.3 Å². The van der Waals surface area contributed by atoms with Crippen LogP contribution in [0.1, 0.15) is 29.0 Å². The van der Waals surface area contributed by atoms with Gasteiger partial charge in [0.25, 0.3) is 5.91 Å². The predicted molar refractivity (Wildman–Crippen MR) is 103 cm³/mol. The fourth-order valence-electron chi connectivity index (χ4n) is 2.62. The minimum absolute atomic E-state index is 0.190. The molecule has 0 bridgehead atoms. The van der Waals surface area contributed by atoms with Gasteiger partial charge in [0.15, 0.2) is 0 Å². The molecule has 0 aliphatic rings. The van der Waals surface area contributed by atoms with E-state index in [2.05, 4.69) is 10.3 Å². The van der Waals surface area contributed by atoms with Crippen LogP contribution in [0.5, 0.6) is 11.5 Å². The second-order valence-corrected chi connectivity index (χ2v) is 6.56. The zero-order valence-corrected chi connectivity index (χ0v) is 15.7. The maximum atomic E-state index is 12.5. The number of rotatable bonds is 6. The van der Waals surface area contributed by atoms with Crippen LogP contribution in [-0.4, -0.2) is 25.1 Å². The molecule has 1 atom stereocenters. The van der Waals surface area contributed by atoms with Crippen LogP contribution in [0.2, 0.25) is 0 Å². The van der Waals surface area contributed by atoms with Gasteiger partial charge in [0.05, 0.1) is 20.3 Å². The molecule has 0 saturated carbocycles. The van der Waals surface area contributed by atoms with E-state index in [9.17, 15) is 4.79 Å². The van der Waals surface area contributed by atoms with E-state index in [0.29, 0.717) is 5.69 Å². The van der Waals surface area contributed by atoms with Gasteiger partial charge in [0.1, 0.15) is 22.2 Å². The highest BCUT2D eigenvalue weighted by Gasteiger charge is 2.17. The first kappa shape index (κ1) is 17.9. The lowest BCUT2D eigenvalue weighted by atomic mass is 10.1. The molecule has 134 valence electrons. The van der Waals surface area contributed by atoms with E-state index < -0.39 is 0 Å². The lowest BCUT2D eigenvalue weighted by Crippen LogP contribution is -2.27. The number of amides is 1. The van der Waals surface area contributed by atoms with Gasteiger partial charge in [-0.2, -0.15) is 0 Å². The summed E-state index contributed by atoms with van der Waals surface area (Å²) in [5, 5.41) is 5.54.